The highest BCUT2D eigenvalue weighted by molar-refractivity contribution is 7.89. The summed E-state index contributed by atoms with van der Waals surface area (Å²) in [6.45, 7) is -0.225. The summed E-state index contributed by atoms with van der Waals surface area (Å²) >= 11 is 0. The van der Waals surface area contributed by atoms with E-state index in [4.69, 9.17) is 5.11 Å². The molecule has 22 heavy (non-hydrogen) atoms. The van der Waals surface area contributed by atoms with Gasteiger partial charge in [-0.15, -0.1) is 0 Å². The van der Waals surface area contributed by atoms with Gasteiger partial charge in [-0.2, -0.15) is 0 Å². The fourth-order valence-electron chi connectivity index (χ4n) is 1.72. The van der Waals surface area contributed by atoms with Crippen molar-refractivity contribution in [3.8, 4) is 0 Å². The number of H-pyrrole nitrogens is 2. The van der Waals surface area contributed by atoms with E-state index in [-0.39, 0.29) is 28.9 Å². The van der Waals surface area contributed by atoms with Crippen LogP contribution >= 0.6 is 0 Å². The molecule has 2 aromatic rings. The molecule has 118 valence electrons. The molecule has 10 nitrogen and oxygen atoms in total. The number of nitrogens with one attached hydrogen (secondary N) is 2. The normalized spacial score (nSPS) is 11.9. The zero-order valence-electron chi connectivity index (χ0n) is 11.4. The van der Waals surface area contributed by atoms with Gasteiger partial charge in [-0.3, -0.25) is 19.6 Å². The number of rotatable bonds is 5. The van der Waals surface area contributed by atoms with E-state index < -0.39 is 27.2 Å². The number of carbonyl (C=O) groups is 1. The van der Waals surface area contributed by atoms with Crippen LogP contribution in [0.4, 0.5) is 0 Å². The Morgan fingerprint density at radius 1 is 1.36 bits per heavy atom. The summed E-state index contributed by atoms with van der Waals surface area (Å²) in [6, 6.07) is 1.07. The van der Waals surface area contributed by atoms with Crippen molar-refractivity contribution in [2.45, 2.75) is 11.3 Å². The van der Waals surface area contributed by atoms with Gasteiger partial charge in [0.1, 0.15) is 10.5 Å². The van der Waals surface area contributed by atoms with Crippen LogP contribution in [0.1, 0.15) is 6.42 Å². The predicted molar refractivity (Wildman–Crippen MR) is 75.1 cm³/mol. The smallest absolute Gasteiger partial charge is 0.327 e. The first-order valence-electron chi connectivity index (χ1n) is 6.02. The Labute approximate surface area is 123 Å². The summed E-state index contributed by atoms with van der Waals surface area (Å²) in [4.78, 5) is 41.0. The number of fused-ring (bicyclic) bond motifs is 1. The lowest BCUT2D eigenvalue weighted by Crippen LogP contribution is -2.30. The molecule has 0 amide bonds. The summed E-state index contributed by atoms with van der Waals surface area (Å²) in [6.07, 6.45) is 0.634. The van der Waals surface area contributed by atoms with Crippen molar-refractivity contribution in [1.29, 1.82) is 0 Å². The lowest BCUT2D eigenvalue weighted by atomic mass is 10.3. The molecule has 0 spiro atoms. The Morgan fingerprint density at radius 2 is 2.05 bits per heavy atom. The predicted octanol–water partition coefficient (Wildman–Crippen LogP) is -1.29. The Morgan fingerprint density at radius 3 is 2.68 bits per heavy atom. The van der Waals surface area contributed by atoms with Crippen LogP contribution in [0.2, 0.25) is 0 Å². The molecule has 0 saturated heterocycles. The first kappa shape index (κ1) is 15.9. The minimum Gasteiger partial charge on any atom is -0.481 e. The third kappa shape index (κ3) is 3.04. The first-order chi connectivity index (χ1) is 10.2. The van der Waals surface area contributed by atoms with Gasteiger partial charge < -0.3 is 5.11 Å². The van der Waals surface area contributed by atoms with Crippen molar-refractivity contribution in [2.24, 2.45) is 0 Å². The lowest BCUT2D eigenvalue weighted by Gasteiger charge is -2.15. The van der Waals surface area contributed by atoms with E-state index in [1.54, 1.807) is 0 Å². The van der Waals surface area contributed by atoms with Crippen molar-refractivity contribution in [3.63, 3.8) is 0 Å². The topological polar surface area (TPSA) is 153 Å². The molecule has 0 aliphatic heterocycles. The summed E-state index contributed by atoms with van der Waals surface area (Å²) < 4.78 is 25.4. The van der Waals surface area contributed by atoms with Crippen LogP contribution < -0.4 is 11.2 Å². The van der Waals surface area contributed by atoms with Crippen molar-refractivity contribution in [3.05, 3.63) is 33.1 Å². The molecule has 0 aliphatic rings. The molecule has 0 aromatic carbocycles. The molecule has 0 unspecified atom stereocenters. The number of hydrogen-bond donors (Lipinski definition) is 3. The fraction of sp³-hybridized carbons (Fsp3) is 0.273. The maximum atomic E-state index is 12.3. The molecular weight excluding hydrogens is 316 g/mol. The van der Waals surface area contributed by atoms with E-state index >= 15 is 0 Å². The molecule has 3 N–H and O–H groups in total. The minimum absolute atomic E-state index is 0.0408. The van der Waals surface area contributed by atoms with E-state index in [0.29, 0.717) is 0 Å². The van der Waals surface area contributed by atoms with Gasteiger partial charge in [0, 0.05) is 19.8 Å². The molecule has 2 aromatic heterocycles. The SMILES string of the molecule is CN(CCC(=O)O)S(=O)(=O)c1cnc2[nH]c(=O)[nH]c(=O)c2c1. The van der Waals surface area contributed by atoms with Gasteiger partial charge in [0.2, 0.25) is 10.0 Å². The largest absolute Gasteiger partial charge is 0.481 e. The second-order valence-corrected chi connectivity index (χ2v) is 6.49. The Balaban J connectivity index is 2.48. The molecule has 11 heteroatoms. The van der Waals surface area contributed by atoms with Crippen LogP contribution in [-0.4, -0.2) is 52.3 Å². The second kappa shape index (κ2) is 5.69. The van der Waals surface area contributed by atoms with Crippen LogP contribution in [0.5, 0.6) is 0 Å². The summed E-state index contributed by atoms with van der Waals surface area (Å²) in [5, 5.41) is 8.50. The number of hydrogen-bond acceptors (Lipinski definition) is 6. The molecule has 0 aliphatic carbocycles. The molecule has 2 rings (SSSR count). The van der Waals surface area contributed by atoms with Crippen molar-refractivity contribution < 1.29 is 18.3 Å². The molecule has 0 fully saturated rings. The number of sulfonamides is 1. The van der Waals surface area contributed by atoms with Crippen LogP contribution in [-0.2, 0) is 14.8 Å². The van der Waals surface area contributed by atoms with Gasteiger partial charge in [0.05, 0.1) is 11.8 Å². The number of carboxylic acid groups (broad SMARTS) is 1. The average Bonchev–Trinajstić information content (AvgIpc) is 2.43. The van der Waals surface area contributed by atoms with Gasteiger partial charge >= 0.3 is 11.7 Å². The van der Waals surface area contributed by atoms with Crippen molar-refractivity contribution in [2.75, 3.05) is 13.6 Å². The average molecular weight is 328 g/mol. The van der Waals surface area contributed by atoms with Gasteiger partial charge in [-0.25, -0.2) is 22.5 Å². The molecule has 0 saturated carbocycles. The Hall–Kier alpha value is -2.53. The molecule has 2 heterocycles. The third-order valence-electron chi connectivity index (χ3n) is 2.91. The number of nitrogens with zero attached hydrogens (tertiary/aromatic N) is 2. The fourth-order valence-corrected chi connectivity index (χ4v) is 2.87. The number of pyridine rings is 1. The highest BCUT2D eigenvalue weighted by Crippen LogP contribution is 2.15. The summed E-state index contributed by atoms with van der Waals surface area (Å²) in [5.41, 5.74) is -1.56. The molecule has 0 atom stereocenters. The van der Waals surface area contributed by atoms with E-state index in [9.17, 15) is 22.8 Å². The van der Waals surface area contributed by atoms with Gasteiger partial charge in [0.15, 0.2) is 0 Å². The molecular formula is C11H12N4O6S. The van der Waals surface area contributed by atoms with Crippen LogP contribution in [0.3, 0.4) is 0 Å². The number of aromatic amines is 2. The second-order valence-electron chi connectivity index (χ2n) is 4.45. The van der Waals surface area contributed by atoms with E-state index in [2.05, 4.69) is 9.97 Å². The number of aromatic nitrogens is 3. The molecule has 0 radical (unpaired) electrons. The van der Waals surface area contributed by atoms with Crippen LogP contribution in [0.15, 0.2) is 26.7 Å². The first-order valence-corrected chi connectivity index (χ1v) is 7.46. The van der Waals surface area contributed by atoms with E-state index in [0.717, 1.165) is 16.6 Å². The molecule has 0 bridgehead atoms. The third-order valence-corrected chi connectivity index (χ3v) is 4.74. The monoisotopic (exact) mass is 328 g/mol. The maximum Gasteiger partial charge on any atom is 0.327 e. The zero-order chi connectivity index (χ0) is 16.5. The van der Waals surface area contributed by atoms with Gasteiger partial charge in [-0.1, -0.05) is 0 Å². The highest BCUT2D eigenvalue weighted by atomic mass is 32.2. The Kier molecular flexibility index (Phi) is 4.10. The van der Waals surface area contributed by atoms with E-state index in [1.165, 1.54) is 7.05 Å². The quantitative estimate of drug-likeness (QED) is 0.617. The Bertz CT molecular complexity index is 945. The van der Waals surface area contributed by atoms with Crippen LogP contribution in [0.25, 0.3) is 11.0 Å². The van der Waals surface area contributed by atoms with Crippen molar-refractivity contribution in [1.82, 2.24) is 19.3 Å². The lowest BCUT2D eigenvalue weighted by molar-refractivity contribution is -0.137. The van der Waals surface area contributed by atoms with Gasteiger partial charge in [-0.05, 0) is 6.07 Å². The zero-order valence-corrected chi connectivity index (χ0v) is 12.2. The van der Waals surface area contributed by atoms with Gasteiger partial charge in [0.25, 0.3) is 5.56 Å². The number of carboxylic acids is 1. The van der Waals surface area contributed by atoms with E-state index in [1.807, 2.05) is 4.98 Å². The maximum absolute atomic E-state index is 12.3. The standard InChI is InChI=1S/C11H12N4O6S/c1-15(3-2-8(16)17)22(20,21)6-4-7-9(12-5-6)13-11(19)14-10(7)18/h4-5H,2-3H2,1H3,(H,16,17)(H2,12,13,14,18,19). The number of aliphatic carboxylic acids is 1. The summed E-state index contributed by atoms with van der Waals surface area (Å²) in [5.74, 6) is -1.13. The minimum atomic E-state index is -3.99. The summed E-state index contributed by atoms with van der Waals surface area (Å²) in [7, 11) is -2.77. The van der Waals surface area contributed by atoms with Crippen molar-refractivity contribution >= 4 is 27.0 Å². The van der Waals surface area contributed by atoms with Crippen LogP contribution in [0, 0.1) is 0 Å². The highest BCUT2D eigenvalue weighted by Gasteiger charge is 2.22.